The molecule has 3 fully saturated rings. The molecule has 4 rings (SSSR count). The van der Waals surface area contributed by atoms with Crippen LogP contribution in [0.25, 0.3) is 0 Å². The van der Waals surface area contributed by atoms with Crippen molar-refractivity contribution in [3.63, 3.8) is 0 Å². The summed E-state index contributed by atoms with van der Waals surface area (Å²) < 4.78 is 0. The molecule has 0 unspecified atom stereocenters. The Morgan fingerprint density at radius 3 is 2.64 bits per heavy atom. The highest BCUT2D eigenvalue weighted by Gasteiger charge is 2.39. The van der Waals surface area contributed by atoms with Crippen LogP contribution >= 0.6 is 0 Å². The standard InChI is InChI=1S/C21H31N3O/c25-21-7-6-19-16-23(14-17-4-2-1-3-5-17)13-10-20(19)24(21)15-18-8-11-22-12-9-18/h1-5,18-20,22H,6-16H2/t19-,20+/m0/s1. The van der Waals surface area contributed by atoms with Gasteiger partial charge < -0.3 is 10.2 Å². The maximum atomic E-state index is 12.6. The summed E-state index contributed by atoms with van der Waals surface area (Å²) in [6.45, 7) is 6.55. The molecule has 0 aromatic heterocycles. The van der Waals surface area contributed by atoms with Gasteiger partial charge in [-0.3, -0.25) is 9.69 Å². The minimum absolute atomic E-state index is 0.413. The molecule has 1 aromatic carbocycles. The number of hydrogen-bond acceptors (Lipinski definition) is 3. The molecule has 4 heteroatoms. The smallest absolute Gasteiger partial charge is 0.222 e. The molecule has 3 heterocycles. The van der Waals surface area contributed by atoms with Gasteiger partial charge in [0.1, 0.15) is 0 Å². The Morgan fingerprint density at radius 1 is 1.04 bits per heavy atom. The molecule has 1 amide bonds. The van der Waals surface area contributed by atoms with Crippen LogP contribution in [-0.4, -0.2) is 54.5 Å². The van der Waals surface area contributed by atoms with Crippen LogP contribution in [0.15, 0.2) is 30.3 Å². The molecule has 3 aliphatic heterocycles. The number of fused-ring (bicyclic) bond motifs is 1. The largest absolute Gasteiger partial charge is 0.339 e. The Balaban J connectivity index is 1.37. The van der Waals surface area contributed by atoms with E-state index in [0.717, 1.165) is 58.5 Å². The van der Waals surface area contributed by atoms with Gasteiger partial charge in [0.2, 0.25) is 5.91 Å². The van der Waals surface area contributed by atoms with Crippen molar-refractivity contribution in [2.75, 3.05) is 32.7 Å². The fourth-order valence-electron chi connectivity index (χ4n) is 4.99. The topological polar surface area (TPSA) is 35.6 Å². The van der Waals surface area contributed by atoms with Crippen LogP contribution in [-0.2, 0) is 11.3 Å². The van der Waals surface area contributed by atoms with E-state index in [1.54, 1.807) is 0 Å². The van der Waals surface area contributed by atoms with Crippen molar-refractivity contribution >= 4 is 5.91 Å². The molecular weight excluding hydrogens is 310 g/mol. The lowest BCUT2D eigenvalue weighted by molar-refractivity contribution is -0.142. The molecule has 0 spiro atoms. The predicted octanol–water partition coefficient (Wildman–Crippen LogP) is 2.50. The Labute approximate surface area is 151 Å². The first-order chi connectivity index (χ1) is 12.3. The van der Waals surface area contributed by atoms with Crippen LogP contribution in [0.4, 0.5) is 0 Å². The van der Waals surface area contributed by atoms with Crippen molar-refractivity contribution in [1.82, 2.24) is 15.1 Å². The Kier molecular flexibility index (Phi) is 5.37. The summed E-state index contributed by atoms with van der Waals surface area (Å²) >= 11 is 0. The van der Waals surface area contributed by atoms with Crippen LogP contribution in [0.3, 0.4) is 0 Å². The van der Waals surface area contributed by atoms with E-state index in [1.807, 2.05) is 0 Å². The van der Waals surface area contributed by atoms with E-state index in [0.29, 0.717) is 23.8 Å². The molecule has 3 aliphatic rings. The van der Waals surface area contributed by atoms with Gasteiger partial charge in [-0.05, 0) is 56.2 Å². The minimum Gasteiger partial charge on any atom is -0.339 e. The first-order valence-corrected chi connectivity index (χ1v) is 10.1. The highest BCUT2D eigenvalue weighted by atomic mass is 16.2. The predicted molar refractivity (Wildman–Crippen MR) is 100 cm³/mol. The second kappa shape index (κ2) is 7.88. The zero-order valence-electron chi connectivity index (χ0n) is 15.2. The van der Waals surface area contributed by atoms with E-state index in [1.165, 1.54) is 18.4 Å². The molecule has 1 N–H and O–H groups in total. The number of hydrogen-bond donors (Lipinski definition) is 1. The Morgan fingerprint density at radius 2 is 1.84 bits per heavy atom. The normalized spacial score (nSPS) is 28.8. The second-order valence-corrected chi connectivity index (χ2v) is 8.11. The minimum atomic E-state index is 0.413. The van der Waals surface area contributed by atoms with E-state index in [4.69, 9.17) is 0 Å². The van der Waals surface area contributed by atoms with Crippen LogP contribution in [0.5, 0.6) is 0 Å². The SMILES string of the molecule is O=C1CC[C@H]2CN(Cc3ccccc3)CC[C@H]2N1CC1CCNCC1. The highest BCUT2D eigenvalue weighted by molar-refractivity contribution is 5.77. The van der Waals surface area contributed by atoms with Crippen LogP contribution in [0.2, 0.25) is 0 Å². The highest BCUT2D eigenvalue weighted by Crippen LogP contribution is 2.33. The van der Waals surface area contributed by atoms with E-state index < -0.39 is 0 Å². The molecule has 1 aromatic rings. The lowest BCUT2D eigenvalue weighted by Gasteiger charge is -2.48. The third-order valence-electron chi connectivity index (χ3n) is 6.39. The number of benzene rings is 1. The lowest BCUT2D eigenvalue weighted by Crippen LogP contribution is -2.57. The molecular formula is C21H31N3O. The number of nitrogens with zero attached hydrogens (tertiary/aromatic N) is 2. The summed E-state index contributed by atoms with van der Waals surface area (Å²) in [5, 5.41) is 3.44. The summed E-state index contributed by atoms with van der Waals surface area (Å²) in [5.41, 5.74) is 1.40. The third-order valence-corrected chi connectivity index (χ3v) is 6.39. The summed E-state index contributed by atoms with van der Waals surface area (Å²) in [4.78, 5) is 17.5. The number of likely N-dealkylation sites (tertiary alicyclic amines) is 2. The number of piperidine rings is 3. The zero-order chi connectivity index (χ0) is 17.1. The van der Waals surface area contributed by atoms with E-state index in [2.05, 4.69) is 45.4 Å². The van der Waals surface area contributed by atoms with Gasteiger partial charge in [0.15, 0.2) is 0 Å². The van der Waals surface area contributed by atoms with Gasteiger partial charge in [-0.15, -0.1) is 0 Å². The van der Waals surface area contributed by atoms with E-state index >= 15 is 0 Å². The van der Waals surface area contributed by atoms with Crippen molar-refractivity contribution in [3.05, 3.63) is 35.9 Å². The van der Waals surface area contributed by atoms with E-state index in [9.17, 15) is 4.79 Å². The van der Waals surface area contributed by atoms with Crippen molar-refractivity contribution < 1.29 is 4.79 Å². The first kappa shape index (κ1) is 17.0. The number of nitrogens with one attached hydrogen (secondary N) is 1. The van der Waals surface area contributed by atoms with Crippen LogP contribution < -0.4 is 5.32 Å². The molecule has 0 radical (unpaired) electrons. The van der Waals surface area contributed by atoms with Crippen LogP contribution in [0, 0.1) is 11.8 Å². The average Bonchev–Trinajstić information content (AvgIpc) is 2.66. The molecule has 0 bridgehead atoms. The van der Waals surface area contributed by atoms with Crippen molar-refractivity contribution in [2.24, 2.45) is 11.8 Å². The zero-order valence-corrected chi connectivity index (χ0v) is 15.2. The fraction of sp³-hybridized carbons (Fsp3) is 0.667. The van der Waals surface area contributed by atoms with Crippen molar-refractivity contribution in [1.29, 1.82) is 0 Å². The summed E-state index contributed by atoms with van der Waals surface area (Å²) in [6, 6.07) is 11.3. The van der Waals surface area contributed by atoms with Gasteiger partial charge in [-0.1, -0.05) is 30.3 Å². The Hall–Kier alpha value is -1.39. The number of carbonyl (C=O) groups excluding carboxylic acids is 1. The Bertz CT molecular complexity index is 570. The molecule has 0 aliphatic carbocycles. The summed E-state index contributed by atoms with van der Waals surface area (Å²) in [6.07, 6.45) is 5.43. The molecule has 0 saturated carbocycles. The second-order valence-electron chi connectivity index (χ2n) is 8.11. The number of amides is 1. The monoisotopic (exact) mass is 341 g/mol. The van der Waals surface area contributed by atoms with Gasteiger partial charge in [-0.2, -0.15) is 0 Å². The van der Waals surface area contributed by atoms with Crippen LogP contribution in [0.1, 0.15) is 37.7 Å². The van der Waals surface area contributed by atoms with Gasteiger partial charge in [0, 0.05) is 38.6 Å². The molecule has 25 heavy (non-hydrogen) atoms. The average molecular weight is 341 g/mol. The lowest BCUT2D eigenvalue weighted by atomic mass is 9.82. The molecule has 4 nitrogen and oxygen atoms in total. The molecule has 136 valence electrons. The van der Waals surface area contributed by atoms with E-state index in [-0.39, 0.29) is 0 Å². The third kappa shape index (κ3) is 4.06. The quantitative estimate of drug-likeness (QED) is 0.914. The van der Waals surface area contributed by atoms with Crippen molar-refractivity contribution in [2.45, 2.75) is 44.7 Å². The molecule has 3 saturated heterocycles. The van der Waals surface area contributed by atoms with Gasteiger partial charge in [0.25, 0.3) is 0 Å². The van der Waals surface area contributed by atoms with Gasteiger partial charge in [0.05, 0.1) is 0 Å². The maximum Gasteiger partial charge on any atom is 0.222 e. The van der Waals surface area contributed by atoms with Crippen molar-refractivity contribution in [3.8, 4) is 0 Å². The first-order valence-electron chi connectivity index (χ1n) is 10.1. The number of carbonyl (C=O) groups is 1. The van der Waals surface area contributed by atoms with Gasteiger partial charge in [-0.25, -0.2) is 0 Å². The van der Waals surface area contributed by atoms with Gasteiger partial charge >= 0.3 is 0 Å². The summed E-state index contributed by atoms with van der Waals surface area (Å²) in [7, 11) is 0. The summed E-state index contributed by atoms with van der Waals surface area (Å²) in [5.74, 6) is 1.78. The fourth-order valence-corrected chi connectivity index (χ4v) is 4.99. The maximum absolute atomic E-state index is 12.6. The number of rotatable bonds is 4. The molecule has 2 atom stereocenters.